The summed E-state index contributed by atoms with van der Waals surface area (Å²) in [5, 5.41) is 0. The number of imidazole rings is 1. The minimum Gasteiger partial charge on any atom is -0.319 e. The standard InChI is InChI=1S/C23H22N2/c1-16-12-13-17(2)19(14-16)15-25-22-11-7-6-10-21(22)24-23(25)20-9-5-4-8-18(20)3/h4-14H,15H2,1-3H3. The number of rotatable bonds is 3. The van der Waals surface area contributed by atoms with Crippen LogP contribution in [0.25, 0.3) is 22.4 Å². The van der Waals surface area contributed by atoms with E-state index in [0.717, 1.165) is 17.9 Å². The maximum Gasteiger partial charge on any atom is 0.141 e. The highest BCUT2D eigenvalue weighted by atomic mass is 15.1. The quantitative estimate of drug-likeness (QED) is 0.474. The van der Waals surface area contributed by atoms with E-state index in [2.05, 4.69) is 92.1 Å². The molecule has 0 radical (unpaired) electrons. The van der Waals surface area contributed by atoms with Crippen molar-refractivity contribution in [3.05, 3.63) is 89.0 Å². The van der Waals surface area contributed by atoms with Crippen LogP contribution in [0.15, 0.2) is 66.7 Å². The Labute approximate surface area is 148 Å². The van der Waals surface area contributed by atoms with Crippen LogP contribution in [0.4, 0.5) is 0 Å². The molecule has 3 aromatic carbocycles. The monoisotopic (exact) mass is 326 g/mol. The zero-order valence-corrected chi connectivity index (χ0v) is 15.0. The summed E-state index contributed by atoms with van der Waals surface area (Å²) in [7, 11) is 0. The molecule has 0 aliphatic heterocycles. The van der Waals surface area contributed by atoms with Gasteiger partial charge < -0.3 is 4.57 Å². The fourth-order valence-corrected chi connectivity index (χ4v) is 3.41. The summed E-state index contributed by atoms with van der Waals surface area (Å²) in [5.41, 5.74) is 8.64. The fraction of sp³-hybridized carbons (Fsp3) is 0.174. The van der Waals surface area contributed by atoms with Crippen molar-refractivity contribution in [1.29, 1.82) is 0 Å². The normalized spacial score (nSPS) is 11.2. The third-order valence-corrected chi connectivity index (χ3v) is 4.87. The molecule has 4 rings (SSSR count). The molecule has 0 aliphatic rings. The molecule has 0 bridgehead atoms. The summed E-state index contributed by atoms with van der Waals surface area (Å²) in [6.07, 6.45) is 0. The van der Waals surface area contributed by atoms with Crippen molar-refractivity contribution >= 4 is 11.0 Å². The van der Waals surface area contributed by atoms with E-state index in [1.54, 1.807) is 0 Å². The highest BCUT2D eigenvalue weighted by Crippen LogP contribution is 2.28. The lowest BCUT2D eigenvalue weighted by Gasteiger charge is -2.13. The molecule has 0 saturated heterocycles. The molecule has 0 amide bonds. The minimum absolute atomic E-state index is 0.831. The van der Waals surface area contributed by atoms with Gasteiger partial charge in [0.2, 0.25) is 0 Å². The molecule has 0 atom stereocenters. The number of aromatic nitrogens is 2. The first-order valence-electron chi connectivity index (χ1n) is 8.71. The smallest absolute Gasteiger partial charge is 0.141 e. The summed E-state index contributed by atoms with van der Waals surface area (Å²) >= 11 is 0. The van der Waals surface area contributed by atoms with Crippen LogP contribution in [0, 0.1) is 20.8 Å². The van der Waals surface area contributed by atoms with Crippen LogP contribution >= 0.6 is 0 Å². The van der Waals surface area contributed by atoms with E-state index >= 15 is 0 Å². The molecule has 0 fully saturated rings. The predicted molar refractivity (Wildman–Crippen MR) is 105 cm³/mol. The number of fused-ring (bicyclic) bond motifs is 1. The number of hydrogen-bond donors (Lipinski definition) is 0. The fourth-order valence-electron chi connectivity index (χ4n) is 3.41. The third-order valence-electron chi connectivity index (χ3n) is 4.87. The Morgan fingerprint density at radius 1 is 0.800 bits per heavy atom. The summed E-state index contributed by atoms with van der Waals surface area (Å²) in [5.74, 6) is 1.04. The van der Waals surface area contributed by atoms with E-state index in [4.69, 9.17) is 4.98 Å². The number of hydrogen-bond acceptors (Lipinski definition) is 1. The van der Waals surface area contributed by atoms with E-state index < -0.39 is 0 Å². The van der Waals surface area contributed by atoms with Gasteiger partial charge in [-0.1, -0.05) is 60.2 Å². The Kier molecular flexibility index (Phi) is 3.89. The zero-order chi connectivity index (χ0) is 17.4. The molecule has 0 N–H and O–H groups in total. The highest BCUT2D eigenvalue weighted by molar-refractivity contribution is 5.81. The SMILES string of the molecule is Cc1ccc(C)c(Cn2c(-c3ccccc3C)nc3ccccc32)c1. The van der Waals surface area contributed by atoms with Gasteiger partial charge in [-0.3, -0.25) is 0 Å². The average molecular weight is 326 g/mol. The molecule has 0 unspecified atom stereocenters. The molecule has 2 heteroatoms. The predicted octanol–water partition coefficient (Wildman–Crippen LogP) is 5.68. The van der Waals surface area contributed by atoms with Crippen molar-refractivity contribution in [3.8, 4) is 11.4 Å². The Balaban J connectivity index is 1.94. The number of aryl methyl sites for hydroxylation is 3. The topological polar surface area (TPSA) is 17.8 Å². The summed E-state index contributed by atoms with van der Waals surface area (Å²) in [6, 6.07) is 23.5. The van der Waals surface area contributed by atoms with Crippen LogP contribution in [0.3, 0.4) is 0 Å². The first kappa shape index (κ1) is 15.6. The van der Waals surface area contributed by atoms with Crippen LogP contribution in [0.2, 0.25) is 0 Å². The molecule has 0 spiro atoms. The van der Waals surface area contributed by atoms with Gasteiger partial charge in [0.15, 0.2) is 0 Å². The van der Waals surface area contributed by atoms with Crippen molar-refractivity contribution in [1.82, 2.24) is 9.55 Å². The molecule has 0 aliphatic carbocycles. The second kappa shape index (κ2) is 6.21. The van der Waals surface area contributed by atoms with E-state index in [-0.39, 0.29) is 0 Å². The third kappa shape index (κ3) is 2.85. The molecule has 2 nitrogen and oxygen atoms in total. The minimum atomic E-state index is 0.831. The molecular formula is C23H22N2. The summed E-state index contributed by atoms with van der Waals surface area (Å²) in [4.78, 5) is 4.95. The number of nitrogens with zero attached hydrogens (tertiary/aromatic N) is 2. The first-order valence-corrected chi connectivity index (χ1v) is 8.71. The van der Waals surface area contributed by atoms with E-state index in [1.807, 2.05) is 0 Å². The van der Waals surface area contributed by atoms with Crippen molar-refractivity contribution < 1.29 is 0 Å². The molecule has 0 saturated carbocycles. The van der Waals surface area contributed by atoms with Gasteiger partial charge in [0.1, 0.15) is 5.82 Å². The Hall–Kier alpha value is -2.87. The van der Waals surface area contributed by atoms with Gasteiger partial charge in [-0.15, -0.1) is 0 Å². The van der Waals surface area contributed by atoms with Crippen LogP contribution in [0.5, 0.6) is 0 Å². The lowest BCUT2D eigenvalue weighted by molar-refractivity contribution is 0.826. The van der Waals surface area contributed by atoms with Gasteiger partial charge in [-0.05, 0) is 49.6 Å². The zero-order valence-electron chi connectivity index (χ0n) is 15.0. The lowest BCUT2D eigenvalue weighted by Crippen LogP contribution is -2.04. The van der Waals surface area contributed by atoms with Crippen LogP contribution in [-0.4, -0.2) is 9.55 Å². The van der Waals surface area contributed by atoms with Gasteiger partial charge in [-0.25, -0.2) is 4.98 Å². The Morgan fingerprint density at radius 3 is 2.40 bits per heavy atom. The molecule has 25 heavy (non-hydrogen) atoms. The Morgan fingerprint density at radius 2 is 1.56 bits per heavy atom. The van der Waals surface area contributed by atoms with E-state index in [0.29, 0.717) is 0 Å². The van der Waals surface area contributed by atoms with Crippen LogP contribution in [0.1, 0.15) is 22.3 Å². The van der Waals surface area contributed by atoms with Gasteiger partial charge in [-0.2, -0.15) is 0 Å². The number of para-hydroxylation sites is 2. The van der Waals surface area contributed by atoms with Crippen molar-refractivity contribution in [2.75, 3.05) is 0 Å². The highest BCUT2D eigenvalue weighted by Gasteiger charge is 2.15. The van der Waals surface area contributed by atoms with Gasteiger partial charge in [0, 0.05) is 12.1 Å². The summed E-state index contributed by atoms with van der Waals surface area (Å²) in [6.45, 7) is 7.31. The molecule has 1 heterocycles. The van der Waals surface area contributed by atoms with Crippen molar-refractivity contribution in [2.45, 2.75) is 27.3 Å². The van der Waals surface area contributed by atoms with E-state index in [1.165, 1.54) is 33.3 Å². The molecule has 1 aromatic heterocycles. The van der Waals surface area contributed by atoms with Gasteiger partial charge >= 0.3 is 0 Å². The van der Waals surface area contributed by atoms with Crippen molar-refractivity contribution in [3.63, 3.8) is 0 Å². The first-order chi connectivity index (χ1) is 12.1. The maximum atomic E-state index is 4.95. The molecule has 124 valence electrons. The van der Waals surface area contributed by atoms with E-state index in [9.17, 15) is 0 Å². The lowest BCUT2D eigenvalue weighted by atomic mass is 10.0. The Bertz CT molecular complexity index is 1060. The van der Waals surface area contributed by atoms with Crippen molar-refractivity contribution in [2.24, 2.45) is 0 Å². The second-order valence-electron chi connectivity index (χ2n) is 6.76. The largest absolute Gasteiger partial charge is 0.319 e. The van der Waals surface area contributed by atoms with Gasteiger partial charge in [0.25, 0.3) is 0 Å². The van der Waals surface area contributed by atoms with Gasteiger partial charge in [0.05, 0.1) is 11.0 Å². The summed E-state index contributed by atoms with van der Waals surface area (Å²) < 4.78 is 2.35. The average Bonchev–Trinajstić information content (AvgIpc) is 2.97. The number of benzene rings is 3. The second-order valence-corrected chi connectivity index (χ2v) is 6.76. The maximum absolute atomic E-state index is 4.95. The van der Waals surface area contributed by atoms with Crippen LogP contribution < -0.4 is 0 Å². The van der Waals surface area contributed by atoms with Crippen LogP contribution in [-0.2, 0) is 6.54 Å². The molecule has 4 aromatic rings. The molecular weight excluding hydrogens is 304 g/mol.